The maximum atomic E-state index is 12.4. The number of aliphatic imine (C=N–C) groups is 1. The van der Waals surface area contributed by atoms with Crippen LogP contribution in [-0.4, -0.2) is 78.8 Å². The second-order valence-electron chi connectivity index (χ2n) is 6.26. The molecule has 28 heavy (non-hydrogen) atoms. The predicted octanol–water partition coefficient (Wildman–Crippen LogP) is -11.5. The van der Waals surface area contributed by atoms with Crippen molar-refractivity contribution in [3.8, 4) is 0 Å². The zero-order chi connectivity index (χ0) is 19.9. The first-order chi connectivity index (χ1) is 12.1. The Morgan fingerprint density at radius 1 is 1.39 bits per heavy atom. The summed E-state index contributed by atoms with van der Waals surface area (Å²) in [7, 11) is 3.21. The first kappa shape index (κ1) is 27.9. The summed E-state index contributed by atoms with van der Waals surface area (Å²) in [4.78, 5) is 44.8. The number of nitrogens with one attached hydrogen (secondary N) is 2. The van der Waals surface area contributed by atoms with Crippen molar-refractivity contribution in [3.05, 3.63) is 0 Å². The molecule has 14 heteroatoms. The minimum absolute atomic E-state index is 0. The van der Waals surface area contributed by atoms with Gasteiger partial charge in [-0.25, -0.2) is 4.79 Å². The van der Waals surface area contributed by atoms with E-state index in [1.54, 1.807) is 19.0 Å². The van der Waals surface area contributed by atoms with Crippen LogP contribution in [0.25, 0.3) is 0 Å². The summed E-state index contributed by atoms with van der Waals surface area (Å²) in [6.45, 7) is 0.813. The van der Waals surface area contributed by atoms with Crippen molar-refractivity contribution in [1.82, 2.24) is 15.1 Å². The zero-order valence-corrected chi connectivity index (χ0v) is 17.5. The van der Waals surface area contributed by atoms with Gasteiger partial charge >= 0.3 is 12.0 Å². The Morgan fingerprint density at radius 3 is 2.54 bits per heavy atom. The molecule has 1 aliphatic heterocycles. The summed E-state index contributed by atoms with van der Waals surface area (Å²) in [5, 5.41) is 2.48. The Hall–Kier alpha value is -2.31. The van der Waals surface area contributed by atoms with E-state index in [0.717, 1.165) is 6.42 Å². The molecule has 1 rings (SSSR count). The molecule has 1 fully saturated rings. The van der Waals surface area contributed by atoms with Crippen molar-refractivity contribution in [1.29, 1.82) is 0 Å². The average Bonchev–Trinajstić information content (AvgIpc) is 2.53. The third-order valence-electron chi connectivity index (χ3n) is 4.00. The van der Waals surface area contributed by atoms with E-state index >= 15 is 0 Å². The fourth-order valence-corrected chi connectivity index (χ4v) is 2.52. The molecular formula is C14H29Cl2N9O3. The minimum atomic E-state index is -0.904. The molecule has 0 aliphatic carbocycles. The van der Waals surface area contributed by atoms with E-state index in [1.165, 1.54) is 4.90 Å². The number of urea groups is 1. The molecule has 162 valence electrons. The summed E-state index contributed by atoms with van der Waals surface area (Å²) in [5.74, 6) is -0.379. The normalized spacial score (nSPS) is 18.2. The molecule has 11 N–H and O–H groups in total. The van der Waals surface area contributed by atoms with Gasteiger partial charge in [0, 0.05) is 27.1 Å². The highest BCUT2D eigenvalue weighted by molar-refractivity contribution is 6.05. The van der Waals surface area contributed by atoms with E-state index in [-0.39, 0.29) is 61.6 Å². The van der Waals surface area contributed by atoms with E-state index in [0.29, 0.717) is 13.0 Å². The van der Waals surface area contributed by atoms with Gasteiger partial charge in [0.1, 0.15) is 6.04 Å². The van der Waals surface area contributed by atoms with Gasteiger partial charge in [0.15, 0.2) is 0 Å². The van der Waals surface area contributed by atoms with Crippen molar-refractivity contribution in [2.45, 2.75) is 31.3 Å². The predicted molar refractivity (Wildman–Crippen MR) is 94.1 cm³/mol. The largest absolute Gasteiger partial charge is 1.00 e. The number of rotatable bonds is 7. The van der Waals surface area contributed by atoms with Crippen molar-refractivity contribution < 1.29 is 49.9 Å². The van der Waals surface area contributed by atoms with Crippen LogP contribution in [0, 0.1) is 0 Å². The van der Waals surface area contributed by atoms with Gasteiger partial charge in [0.25, 0.3) is 5.91 Å². The molecule has 1 heterocycles. The van der Waals surface area contributed by atoms with Gasteiger partial charge < -0.3 is 46.1 Å². The summed E-state index contributed by atoms with van der Waals surface area (Å²) in [6.07, 6.45) is 1.70. The molecule has 2 atom stereocenters. The number of carbonyl (C=O) groups excluding carboxylic acids is 3. The van der Waals surface area contributed by atoms with Gasteiger partial charge in [-0.15, -0.1) is 0 Å². The van der Waals surface area contributed by atoms with Crippen molar-refractivity contribution in [3.63, 3.8) is 0 Å². The molecule has 1 saturated heterocycles. The Balaban J connectivity index is 0. The maximum Gasteiger partial charge on any atom is 0.341 e. The minimum Gasteiger partial charge on any atom is -1.00 e. The number of hydrogen-bond acceptors (Lipinski definition) is 3. The molecule has 1 aliphatic rings. The highest BCUT2D eigenvalue weighted by atomic mass is 35.5. The number of carbonyl (C=O) groups is 3. The summed E-state index contributed by atoms with van der Waals surface area (Å²) >= 11 is 0. The van der Waals surface area contributed by atoms with Gasteiger partial charge in [0.2, 0.25) is 11.9 Å². The second kappa shape index (κ2) is 13.0. The van der Waals surface area contributed by atoms with Gasteiger partial charge in [-0.05, 0) is 6.42 Å². The standard InChI is InChI=1S/C14H27N9O3.2ClH/c1-22-7-9(11(25)20-14(22)21-13(18)26)23(2)10(24)6-8(15)4-3-5-19-12(16)17;;/h8-9H,3-7,15H2,1-2H3,(H4,16,17,19)(H3,18,20,21,25,26);2*1H/t8-,9?;;/m0../s1. The first-order valence-corrected chi connectivity index (χ1v) is 8.22. The van der Waals surface area contributed by atoms with Crippen molar-refractivity contribution in [2.75, 3.05) is 27.2 Å². The number of nitrogens with zero attached hydrogens (tertiary/aromatic N) is 3. The smallest absolute Gasteiger partial charge is 0.341 e. The molecule has 0 aromatic rings. The van der Waals surface area contributed by atoms with Crippen molar-refractivity contribution in [2.24, 2.45) is 22.2 Å². The SMILES string of the molecule is CN1CC(N(C)C(=O)C[C@@H]([NH3+])CCC[NH+]=C(N)N)C(=O)N/C1=N\C(N)=O.[Cl-].[Cl-]. The third kappa shape index (κ3) is 9.06. The number of quaternary nitrogens is 1. The van der Waals surface area contributed by atoms with Crippen LogP contribution in [-0.2, 0) is 9.59 Å². The highest BCUT2D eigenvalue weighted by Gasteiger charge is 2.34. The second-order valence-corrected chi connectivity index (χ2v) is 6.26. The fourth-order valence-electron chi connectivity index (χ4n) is 2.52. The van der Waals surface area contributed by atoms with Crippen LogP contribution < -0.4 is 58.1 Å². The topological polar surface area (TPSA) is 202 Å². The Bertz CT molecular complexity index is 611. The summed E-state index contributed by atoms with van der Waals surface area (Å²) in [5.41, 5.74) is 19.6. The Morgan fingerprint density at radius 2 is 2.00 bits per heavy atom. The summed E-state index contributed by atoms with van der Waals surface area (Å²) in [6, 6.07) is -1.69. The Labute approximate surface area is 175 Å². The first-order valence-electron chi connectivity index (χ1n) is 8.22. The monoisotopic (exact) mass is 441 g/mol. The lowest BCUT2D eigenvalue weighted by Crippen LogP contribution is -3.00. The van der Waals surface area contributed by atoms with E-state index < -0.39 is 18.0 Å². The molecule has 0 spiro atoms. The van der Waals surface area contributed by atoms with Crippen LogP contribution >= 0.6 is 0 Å². The third-order valence-corrected chi connectivity index (χ3v) is 4.00. The molecule has 0 radical (unpaired) electrons. The number of amides is 4. The van der Waals surface area contributed by atoms with E-state index in [9.17, 15) is 14.4 Å². The lowest BCUT2D eigenvalue weighted by atomic mass is 10.1. The number of guanidine groups is 2. The van der Waals surface area contributed by atoms with Crippen LogP contribution in [0.2, 0.25) is 0 Å². The molecule has 0 aromatic heterocycles. The molecule has 0 bridgehead atoms. The van der Waals surface area contributed by atoms with E-state index in [4.69, 9.17) is 17.2 Å². The number of primary amides is 1. The lowest BCUT2D eigenvalue weighted by Gasteiger charge is -2.36. The maximum absolute atomic E-state index is 12.4. The van der Waals surface area contributed by atoms with Gasteiger partial charge in [-0.2, -0.15) is 4.99 Å². The highest BCUT2D eigenvalue weighted by Crippen LogP contribution is 2.09. The number of likely N-dealkylation sites (N-methyl/N-ethyl adjacent to an activating group) is 2. The van der Waals surface area contributed by atoms with Crippen molar-refractivity contribution >= 4 is 29.8 Å². The quantitative estimate of drug-likeness (QED) is 0.128. The summed E-state index contributed by atoms with van der Waals surface area (Å²) < 4.78 is 0. The lowest BCUT2D eigenvalue weighted by molar-refractivity contribution is -0.465. The van der Waals surface area contributed by atoms with Crippen LogP contribution in [0.5, 0.6) is 0 Å². The molecule has 0 aromatic carbocycles. The number of nitrogens with two attached hydrogens (primary N) is 3. The van der Waals surface area contributed by atoms with Crippen LogP contribution in [0.3, 0.4) is 0 Å². The molecule has 4 amide bonds. The van der Waals surface area contributed by atoms with E-state index in [1.807, 2.05) is 0 Å². The number of hydrogen-bond donors (Lipinski definition) is 6. The molecular weight excluding hydrogens is 413 g/mol. The fraction of sp³-hybridized carbons (Fsp3) is 0.643. The van der Waals surface area contributed by atoms with Crippen LogP contribution in [0.15, 0.2) is 4.99 Å². The van der Waals surface area contributed by atoms with Gasteiger partial charge in [-0.3, -0.25) is 31.4 Å². The molecule has 12 nitrogen and oxygen atoms in total. The van der Waals surface area contributed by atoms with E-state index in [2.05, 4.69) is 21.0 Å². The Kier molecular flexibility index (Phi) is 12.9. The average molecular weight is 442 g/mol. The zero-order valence-electron chi connectivity index (χ0n) is 16.0. The van der Waals surface area contributed by atoms with Crippen LogP contribution in [0.4, 0.5) is 4.79 Å². The van der Waals surface area contributed by atoms with Gasteiger partial charge in [-0.1, -0.05) is 0 Å². The number of halogens is 2. The van der Waals surface area contributed by atoms with Crippen LogP contribution in [0.1, 0.15) is 19.3 Å². The van der Waals surface area contributed by atoms with Gasteiger partial charge in [0.05, 0.1) is 19.0 Å². The molecule has 0 saturated carbocycles. The molecule has 1 unspecified atom stereocenters.